The molecular formula is C23H29F3N4O5. The number of alkyl halides is 3. The summed E-state index contributed by atoms with van der Waals surface area (Å²) in [5.74, 6) is -1.16. The first kappa shape index (κ1) is 27.8. The van der Waals surface area contributed by atoms with Gasteiger partial charge >= 0.3 is 6.18 Å². The van der Waals surface area contributed by atoms with E-state index < -0.39 is 24.7 Å². The van der Waals surface area contributed by atoms with Gasteiger partial charge in [0.25, 0.3) is 5.91 Å². The smallest absolute Gasteiger partial charge is 0.422 e. The third kappa shape index (κ3) is 9.04. The third-order valence-corrected chi connectivity index (χ3v) is 4.59. The number of anilines is 1. The maximum atomic E-state index is 13.0. The van der Waals surface area contributed by atoms with Crippen LogP contribution in [0.2, 0.25) is 0 Å². The molecule has 0 aliphatic carbocycles. The number of aromatic nitrogens is 2. The highest BCUT2D eigenvalue weighted by atomic mass is 19.4. The summed E-state index contributed by atoms with van der Waals surface area (Å²) >= 11 is 0. The number of aryl methyl sites for hydroxylation is 1. The molecule has 0 spiro atoms. The Morgan fingerprint density at radius 1 is 1.06 bits per heavy atom. The van der Waals surface area contributed by atoms with Gasteiger partial charge in [0.15, 0.2) is 6.61 Å². The number of nitrogens with zero attached hydrogens (tertiary/aromatic N) is 2. The molecule has 9 nitrogen and oxygen atoms in total. The van der Waals surface area contributed by atoms with E-state index in [4.69, 9.17) is 9.47 Å². The van der Waals surface area contributed by atoms with Gasteiger partial charge in [0, 0.05) is 24.8 Å². The number of carbonyl (C=O) groups is 2. The lowest BCUT2D eigenvalue weighted by molar-refractivity contribution is -0.154. The minimum atomic E-state index is -4.54. The minimum Gasteiger partial charge on any atom is -0.475 e. The Hall–Kier alpha value is -3.41. The van der Waals surface area contributed by atoms with Crippen molar-refractivity contribution in [3.05, 3.63) is 41.1 Å². The molecule has 192 valence electrons. The van der Waals surface area contributed by atoms with Crippen LogP contribution in [-0.4, -0.2) is 54.9 Å². The summed E-state index contributed by atoms with van der Waals surface area (Å²) in [6.45, 7) is 5.67. The second kappa shape index (κ2) is 12.3. The lowest BCUT2D eigenvalue weighted by atomic mass is 10.1. The van der Waals surface area contributed by atoms with Crippen LogP contribution < -0.4 is 20.1 Å². The fraction of sp³-hybridized carbons (Fsp3) is 0.478. The fourth-order valence-corrected chi connectivity index (χ4v) is 2.80. The molecular weight excluding hydrogens is 469 g/mol. The van der Waals surface area contributed by atoms with Gasteiger partial charge in [0.2, 0.25) is 17.7 Å². The number of halogens is 3. The predicted molar refractivity (Wildman–Crippen MR) is 121 cm³/mol. The number of amides is 2. The first-order chi connectivity index (χ1) is 16.4. The maximum Gasteiger partial charge on any atom is 0.422 e. The van der Waals surface area contributed by atoms with E-state index in [0.29, 0.717) is 17.1 Å². The quantitative estimate of drug-likeness (QED) is 0.453. The van der Waals surface area contributed by atoms with Gasteiger partial charge in [-0.25, -0.2) is 4.98 Å². The normalized spacial score (nSPS) is 12.3. The highest BCUT2D eigenvalue weighted by Gasteiger charge is 2.29. The topological polar surface area (TPSA) is 112 Å². The molecule has 0 saturated carbocycles. The number of nitrogens with one attached hydrogen (secondary N) is 2. The van der Waals surface area contributed by atoms with E-state index in [-0.39, 0.29) is 42.4 Å². The van der Waals surface area contributed by atoms with Crippen LogP contribution in [0.15, 0.2) is 24.3 Å². The molecule has 2 N–H and O–H groups in total. The number of hydrogen-bond donors (Lipinski definition) is 2. The molecule has 0 fully saturated rings. The first-order valence-electron chi connectivity index (χ1n) is 10.8. The predicted octanol–water partition coefficient (Wildman–Crippen LogP) is 3.84. The van der Waals surface area contributed by atoms with E-state index >= 15 is 0 Å². The van der Waals surface area contributed by atoms with Gasteiger partial charge in [-0.15, -0.1) is 0 Å². The number of methoxy groups -OCH3 is 1. The zero-order valence-electron chi connectivity index (χ0n) is 20.2. The Bertz CT molecular complexity index is 1030. The van der Waals surface area contributed by atoms with Crippen LogP contribution in [0.25, 0.3) is 0 Å². The van der Waals surface area contributed by atoms with Gasteiger partial charge in [-0.1, -0.05) is 13.8 Å². The van der Waals surface area contributed by atoms with Crippen molar-refractivity contribution < 1.29 is 37.0 Å². The largest absolute Gasteiger partial charge is 0.475 e. The monoisotopic (exact) mass is 498 g/mol. The summed E-state index contributed by atoms with van der Waals surface area (Å²) in [4.78, 5) is 33.2. The lowest BCUT2D eigenvalue weighted by Crippen LogP contribution is -2.28. The summed E-state index contributed by atoms with van der Waals surface area (Å²) < 4.78 is 52.4. The molecule has 0 aliphatic rings. The molecule has 12 heteroatoms. The second-order valence-corrected chi connectivity index (χ2v) is 8.01. The van der Waals surface area contributed by atoms with Crippen LogP contribution in [-0.2, 0) is 9.53 Å². The standard InChI is InChI=1S/C23H29F3N4O5/c1-13(2)20(31)29-18-11-16(10-14(3)27-18)15(4)28-21(32)17-6-7-19(35-12-23(24,25)26)30-22(17)34-9-8-33-5/h6-7,10-11,13,15H,8-9,12H2,1-5H3,(H,28,32)(H,27,29,31). The van der Waals surface area contributed by atoms with Crippen LogP contribution in [0.1, 0.15) is 48.4 Å². The molecule has 2 aromatic heterocycles. The number of rotatable bonds is 11. The van der Waals surface area contributed by atoms with Crippen LogP contribution in [0, 0.1) is 12.8 Å². The summed E-state index contributed by atoms with van der Waals surface area (Å²) in [7, 11) is 1.45. The summed E-state index contributed by atoms with van der Waals surface area (Å²) in [5, 5.41) is 5.53. The van der Waals surface area contributed by atoms with E-state index in [1.54, 1.807) is 39.8 Å². The SMILES string of the molecule is COCCOc1nc(OCC(F)(F)F)ccc1C(=O)NC(C)c1cc(C)nc(NC(=O)C(C)C)c1. The average molecular weight is 499 g/mol. The van der Waals surface area contributed by atoms with Crippen molar-refractivity contribution in [2.75, 3.05) is 32.2 Å². The van der Waals surface area contributed by atoms with Crippen molar-refractivity contribution in [3.8, 4) is 11.8 Å². The van der Waals surface area contributed by atoms with Crippen molar-refractivity contribution in [1.29, 1.82) is 0 Å². The van der Waals surface area contributed by atoms with Crippen molar-refractivity contribution in [3.63, 3.8) is 0 Å². The van der Waals surface area contributed by atoms with Crippen LogP contribution in [0.4, 0.5) is 19.0 Å². The summed E-state index contributed by atoms with van der Waals surface area (Å²) in [6, 6.07) is 5.34. The Morgan fingerprint density at radius 2 is 1.77 bits per heavy atom. The third-order valence-electron chi connectivity index (χ3n) is 4.59. The number of pyridine rings is 2. The first-order valence-corrected chi connectivity index (χ1v) is 10.8. The molecule has 1 atom stereocenters. The molecule has 0 bridgehead atoms. The van der Waals surface area contributed by atoms with Crippen LogP contribution >= 0.6 is 0 Å². The summed E-state index contributed by atoms with van der Waals surface area (Å²) in [5.41, 5.74) is 1.33. The zero-order valence-corrected chi connectivity index (χ0v) is 20.2. The van der Waals surface area contributed by atoms with E-state index in [2.05, 4.69) is 25.3 Å². The highest BCUT2D eigenvalue weighted by molar-refractivity contribution is 5.96. The Kier molecular flexibility index (Phi) is 9.81. The second-order valence-electron chi connectivity index (χ2n) is 8.01. The van der Waals surface area contributed by atoms with E-state index in [1.807, 2.05) is 0 Å². The molecule has 2 aromatic rings. The lowest BCUT2D eigenvalue weighted by Gasteiger charge is -2.18. The van der Waals surface area contributed by atoms with Crippen LogP contribution in [0.3, 0.4) is 0 Å². The minimum absolute atomic E-state index is 0.00595. The van der Waals surface area contributed by atoms with Crippen molar-refractivity contribution in [1.82, 2.24) is 15.3 Å². The molecule has 0 aliphatic heterocycles. The Labute approximate surface area is 201 Å². The van der Waals surface area contributed by atoms with Gasteiger partial charge in [-0.05, 0) is 37.6 Å². The van der Waals surface area contributed by atoms with Crippen molar-refractivity contribution >= 4 is 17.6 Å². The van der Waals surface area contributed by atoms with E-state index in [9.17, 15) is 22.8 Å². The van der Waals surface area contributed by atoms with Gasteiger partial charge in [-0.3, -0.25) is 9.59 Å². The molecule has 2 amide bonds. The Morgan fingerprint density at radius 3 is 2.40 bits per heavy atom. The molecule has 0 aromatic carbocycles. The Balaban J connectivity index is 2.22. The molecule has 1 unspecified atom stereocenters. The summed E-state index contributed by atoms with van der Waals surface area (Å²) in [6.07, 6.45) is -4.54. The van der Waals surface area contributed by atoms with Crippen molar-refractivity contribution in [2.45, 2.75) is 39.9 Å². The average Bonchev–Trinajstić information content (AvgIpc) is 2.77. The fourth-order valence-electron chi connectivity index (χ4n) is 2.80. The van der Waals surface area contributed by atoms with Gasteiger partial charge < -0.3 is 24.8 Å². The van der Waals surface area contributed by atoms with E-state index in [0.717, 1.165) is 6.07 Å². The van der Waals surface area contributed by atoms with Gasteiger partial charge in [0.05, 0.1) is 12.6 Å². The van der Waals surface area contributed by atoms with Gasteiger partial charge in [-0.2, -0.15) is 18.2 Å². The van der Waals surface area contributed by atoms with Crippen LogP contribution in [0.5, 0.6) is 11.8 Å². The number of ether oxygens (including phenoxy) is 3. The van der Waals surface area contributed by atoms with Gasteiger partial charge in [0.1, 0.15) is 18.0 Å². The highest BCUT2D eigenvalue weighted by Crippen LogP contribution is 2.24. The maximum absolute atomic E-state index is 13.0. The van der Waals surface area contributed by atoms with E-state index in [1.165, 1.54) is 13.2 Å². The number of hydrogen-bond acceptors (Lipinski definition) is 7. The zero-order chi connectivity index (χ0) is 26.2. The number of carbonyl (C=O) groups excluding carboxylic acids is 2. The molecule has 2 rings (SSSR count). The molecule has 35 heavy (non-hydrogen) atoms. The molecule has 0 radical (unpaired) electrons. The van der Waals surface area contributed by atoms with Crippen molar-refractivity contribution in [2.24, 2.45) is 5.92 Å². The molecule has 0 saturated heterocycles. The molecule has 2 heterocycles.